The van der Waals surface area contributed by atoms with E-state index in [4.69, 9.17) is 0 Å². The summed E-state index contributed by atoms with van der Waals surface area (Å²) in [7, 11) is 0. The zero-order valence-corrected chi connectivity index (χ0v) is 13.1. The molecule has 112 valence electrons. The number of nitrogens with zero attached hydrogens (tertiary/aromatic N) is 4. The maximum Gasteiger partial charge on any atom is 0.0786 e. The van der Waals surface area contributed by atoms with Crippen LogP contribution in [-0.4, -0.2) is 52.3 Å². The second kappa shape index (κ2) is 7.06. The van der Waals surface area contributed by atoms with Crippen molar-refractivity contribution >= 4 is 11.8 Å². The van der Waals surface area contributed by atoms with E-state index in [2.05, 4.69) is 51.1 Å². The van der Waals surface area contributed by atoms with Gasteiger partial charge in [0.2, 0.25) is 0 Å². The lowest BCUT2D eigenvalue weighted by atomic mass is 10.3. The van der Waals surface area contributed by atoms with Gasteiger partial charge in [0.05, 0.1) is 17.6 Å². The first-order chi connectivity index (χ1) is 10.4. The third kappa shape index (κ3) is 3.64. The van der Waals surface area contributed by atoms with Crippen molar-refractivity contribution in [1.29, 1.82) is 0 Å². The van der Waals surface area contributed by atoms with Gasteiger partial charge in [0.15, 0.2) is 0 Å². The monoisotopic (exact) mass is 303 g/mol. The lowest BCUT2D eigenvalue weighted by Crippen LogP contribution is -2.28. The first kappa shape index (κ1) is 14.6. The normalized spacial score (nSPS) is 16.8. The van der Waals surface area contributed by atoms with Crippen LogP contribution in [0.5, 0.6) is 0 Å². The summed E-state index contributed by atoms with van der Waals surface area (Å²) >= 11 is 1.74. The minimum absolute atomic E-state index is 0.901. The fourth-order valence-electron chi connectivity index (χ4n) is 2.61. The Morgan fingerprint density at radius 2 is 2.24 bits per heavy atom. The van der Waals surface area contributed by atoms with Gasteiger partial charge < -0.3 is 5.32 Å². The molecule has 1 N–H and O–H groups in total. The Balaban J connectivity index is 1.79. The van der Waals surface area contributed by atoms with Crippen molar-refractivity contribution in [2.24, 2.45) is 0 Å². The van der Waals surface area contributed by atoms with Crippen LogP contribution in [0, 0.1) is 0 Å². The van der Waals surface area contributed by atoms with Crippen molar-refractivity contribution in [1.82, 2.24) is 25.2 Å². The van der Waals surface area contributed by atoms with Gasteiger partial charge in [-0.15, -0.1) is 16.9 Å². The van der Waals surface area contributed by atoms with Gasteiger partial charge in [-0.05, 0) is 44.0 Å². The summed E-state index contributed by atoms with van der Waals surface area (Å²) < 4.78 is 1.96. The Labute approximate surface area is 129 Å². The molecule has 1 aliphatic rings. The molecule has 0 aliphatic carbocycles. The smallest absolute Gasteiger partial charge is 0.0786 e. The molecule has 6 heteroatoms. The number of hydrogen-bond donors (Lipinski definition) is 1. The number of thioether (sulfide) groups is 1. The molecule has 1 aliphatic heterocycles. The van der Waals surface area contributed by atoms with Crippen LogP contribution >= 0.6 is 11.8 Å². The van der Waals surface area contributed by atoms with Crippen LogP contribution in [0.3, 0.4) is 0 Å². The minimum atomic E-state index is 0.901. The van der Waals surface area contributed by atoms with Crippen molar-refractivity contribution in [3.8, 4) is 5.69 Å². The first-order valence-corrected chi connectivity index (χ1v) is 8.56. The van der Waals surface area contributed by atoms with E-state index in [1.807, 2.05) is 10.9 Å². The summed E-state index contributed by atoms with van der Waals surface area (Å²) in [6.45, 7) is 5.28. The van der Waals surface area contributed by atoms with E-state index >= 15 is 0 Å². The molecule has 2 heterocycles. The number of nitrogens with one attached hydrogen (secondary N) is 1. The van der Waals surface area contributed by atoms with Gasteiger partial charge in [-0.2, -0.15) is 0 Å². The Morgan fingerprint density at radius 1 is 1.29 bits per heavy atom. The summed E-state index contributed by atoms with van der Waals surface area (Å²) in [6, 6.07) is 8.43. The van der Waals surface area contributed by atoms with E-state index in [0.717, 1.165) is 44.1 Å². The van der Waals surface area contributed by atoms with Gasteiger partial charge >= 0.3 is 0 Å². The average molecular weight is 303 g/mol. The van der Waals surface area contributed by atoms with Crippen LogP contribution in [0.25, 0.3) is 5.69 Å². The van der Waals surface area contributed by atoms with E-state index < -0.39 is 0 Å². The van der Waals surface area contributed by atoms with E-state index in [0.29, 0.717) is 0 Å². The second-order valence-electron chi connectivity index (χ2n) is 5.22. The molecular formula is C15H21N5S. The quantitative estimate of drug-likeness (QED) is 0.873. The zero-order chi connectivity index (χ0) is 14.5. The van der Waals surface area contributed by atoms with Crippen LogP contribution in [0.4, 0.5) is 0 Å². The minimum Gasteiger partial charge on any atom is -0.315 e. The topological polar surface area (TPSA) is 46.0 Å². The maximum atomic E-state index is 4.27. The predicted molar refractivity (Wildman–Crippen MR) is 85.9 cm³/mol. The van der Waals surface area contributed by atoms with Crippen molar-refractivity contribution in [3.63, 3.8) is 0 Å². The Hall–Kier alpha value is -1.37. The molecule has 1 fully saturated rings. The second-order valence-corrected chi connectivity index (χ2v) is 6.10. The SMILES string of the molecule is CSc1cccc(-n2nncc2CN2CCCNCC2)c1. The number of benzene rings is 1. The van der Waals surface area contributed by atoms with E-state index in [9.17, 15) is 0 Å². The summed E-state index contributed by atoms with van der Waals surface area (Å²) in [6.07, 6.45) is 5.17. The highest BCUT2D eigenvalue weighted by atomic mass is 32.2. The molecule has 0 spiro atoms. The molecule has 1 saturated heterocycles. The van der Waals surface area contributed by atoms with Crippen molar-refractivity contribution < 1.29 is 0 Å². The molecule has 1 aromatic carbocycles. The van der Waals surface area contributed by atoms with E-state index in [1.54, 1.807) is 11.8 Å². The third-order valence-electron chi connectivity index (χ3n) is 3.74. The third-order valence-corrected chi connectivity index (χ3v) is 4.46. The fourth-order valence-corrected chi connectivity index (χ4v) is 3.07. The van der Waals surface area contributed by atoms with Gasteiger partial charge in [-0.1, -0.05) is 11.3 Å². The van der Waals surface area contributed by atoms with Crippen LogP contribution in [-0.2, 0) is 6.54 Å². The summed E-state index contributed by atoms with van der Waals surface area (Å²) in [5.41, 5.74) is 2.23. The van der Waals surface area contributed by atoms with Gasteiger partial charge in [0, 0.05) is 24.5 Å². The summed E-state index contributed by atoms with van der Waals surface area (Å²) in [5, 5.41) is 11.8. The van der Waals surface area contributed by atoms with Crippen LogP contribution in [0.2, 0.25) is 0 Å². The van der Waals surface area contributed by atoms with Gasteiger partial charge in [0.1, 0.15) is 0 Å². The molecular weight excluding hydrogens is 282 g/mol. The largest absolute Gasteiger partial charge is 0.315 e. The Morgan fingerprint density at radius 3 is 3.14 bits per heavy atom. The number of hydrogen-bond acceptors (Lipinski definition) is 5. The van der Waals surface area contributed by atoms with Crippen molar-refractivity contribution in [3.05, 3.63) is 36.2 Å². The highest BCUT2D eigenvalue weighted by molar-refractivity contribution is 7.98. The van der Waals surface area contributed by atoms with Crippen LogP contribution in [0.1, 0.15) is 12.1 Å². The van der Waals surface area contributed by atoms with Crippen LogP contribution < -0.4 is 5.32 Å². The maximum absolute atomic E-state index is 4.27. The molecule has 3 rings (SSSR count). The molecule has 0 amide bonds. The number of rotatable bonds is 4. The van der Waals surface area contributed by atoms with E-state index in [1.165, 1.54) is 11.3 Å². The van der Waals surface area contributed by atoms with Gasteiger partial charge in [-0.25, -0.2) is 4.68 Å². The average Bonchev–Trinajstić information content (AvgIpc) is 2.83. The molecule has 0 atom stereocenters. The summed E-state index contributed by atoms with van der Waals surface area (Å²) in [4.78, 5) is 3.71. The van der Waals surface area contributed by atoms with Crippen molar-refractivity contribution in [2.45, 2.75) is 17.9 Å². The molecule has 0 unspecified atom stereocenters. The molecule has 2 aromatic rings. The molecule has 21 heavy (non-hydrogen) atoms. The number of aromatic nitrogens is 3. The molecule has 0 saturated carbocycles. The van der Waals surface area contributed by atoms with Crippen molar-refractivity contribution in [2.75, 3.05) is 32.4 Å². The molecule has 1 aromatic heterocycles. The summed E-state index contributed by atoms with van der Waals surface area (Å²) in [5.74, 6) is 0. The first-order valence-electron chi connectivity index (χ1n) is 7.34. The lowest BCUT2D eigenvalue weighted by Gasteiger charge is -2.19. The van der Waals surface area contributed by atoms with Gasteiger partial charge in [0.25, 0.3) is 0 Å². The lowest BCUT2D eigenvalue weighted by molar-refractivity contribution is 0.278. The Kier molecular flexibility index (Phi) is 4.90. The van der Waals surface area contributed by atoms with Crippen LogP contribution in [0.15, 0.2) is 35.4 Å². The highest BCUT2D eigenvalue weighted by Gasteiger charge is 2.13. The molecule has 5 nitrogen and oxygen atoms in total. The Bertz CT molecular complexity index is 575. The van der Waals surface area contributed by atoms with E-state index in [-0.39, 0.29) is 0 Å². The highest BCUT2D eigenvalue weighted by Crippen LogP contribution is 2.19. The standard InChI is InChI=1S/C15H21N5S/c1-21-15-5-2-4-13(10-15)20-14(11-17-18-20)12-19-8-3-6-16-7-9-19/h2,4-5,10-11,16H,3,6-9,12H2,1H3. The molecule has 0 bridgehead atoms. The predicted octanol–water partition coefficient (Wildman–Crippen LogP) is 1.78. The zero-order valence-electron chi connectivity index (χ0n) is 12.3. The fraction of sp³-hybridized carbons (Fsp3) is 0.467. The van der Waals surface area contributed by atoms with Gasteiger partial charge in [-0.3, -0.25) is 4.90 Å². The molecule has 0 radical (unpaired) electrons.